The summed E-state index contributed by atoms with van der Waals surface area (Å²) in [5.74, 6) is -1.68. The number of carbonyl (C=O) groups excluding carboxylic acids is 2. The molecule has 1 saturated heterocycles. The van der Waals surface area contributed by atoms with Crippen molar-refractivity contribution in [3.63, 3.8) is 0 Å². The first-order valence-electron chi connectivity index (χ1n) is 6.01. The molecule has 1 aliphatic rings. The highest BCUT2D eigenvalue weighted by Gasteiger charge is 2.20. The fourth-order valence-corrected chi connectivity index (χ4v) is 1.91. The minimum absolute atomic E-state index is 0.167. The maximum absolute atomic E-state index is 12.0. The zero-order chi connectivity index (χ0) is 14.7. The second-order valence-corrected chi connectivity index (χ2v) is 4.42. The zero-order valence-corrected chi connectivity index (χ0v) is 10.6. The van der Waals surface area contributed by atoms with Gasteiger partial charge in [-0.15, -0.1) is 0 Å². The van der Waals surface area contributed by atoms with E-state index in [4.69, 9.17) is 0 Å². The number of aromatic hydroxyl groups is 3. The predicted molar refractivity (Wildman–Crippen MR) is 69.7 cm³/mol. The molecule has 3 amide bonds. The third-order valence-electron chi connectivity index (χ3n) is 3.07. The van der Waals surface area contributed by atoms with E-state index in [9.17, 15) is 24.9 Å². The van der Waals surface area contributed by atoms with Crippen molar-refractivity contribution in [2.75, 3.05) is 31.5 Å². The van der Waals surface area contributed by atoms with Crippen molar-refractivity contribution in [1.82, 2.24) is 9.80 Å². The van der Waals surface area contributed by atoms with Crippen molar-refractivity contribution in [3.05, 3.63) is 12.1 Å². The maximum Gasteiger partial charge on any atom is 0.321 e. The highest BCUT2D eigenvalue weighted by atomic mass is 16.3. The molecule has 0 radical (unpaired) electrons. The van der Waals surface area contributed by atoms with Crippen molar-refractivity contribution in [3.8, 4) is 17.2 Å². The molecule has 0 atom stereocenters. The summed E-state index contributed by atoms with van der Waals surface area (Å²) in [5.41, 5.74) is 0.167. The first-order chi connectivity index (χ1) is 9.51. The molecule has 0 aromatic heterocycles. The van der Waals surface area contributed by atoms with Gasteiger partial charge in [0.1, 0.15) is 0 Å². The van der Waals surface area contributed by atoms with Crippen LogP contribution in [0.5, 0.6) is 17.2 Å². The molecule has 1 aromatic carbocycles. The second kappa shape index (κ2) is 5.55. The highest BCUT2D eigenvalue weighted by molar-refractivity contribution is 5.90. The van der Waals surface area contributed by atoms with E-state index >= 15 is 0 Å². The van der Waals surface area contributed by atoms with Crippen LogP contribution in [0.2, 0.25) is 0 Å². The first-order valence-corrected chi connectivity index (χ1v) is 6.01. The summed E-state index contributed by atoms with van der Waals surface area (Å²) in [6, 6.07) is 1.86. The van der Waals surface area contributed by atoms with E-state index in [-0.39, 0.29) is 5.69 Å². The molecule has 0 aliphatic carbocycles. The van der Waals surface area contributed by atoms with Gasteiger partial charge in [0.05, 0.1) is 5.69 Å². The quantitative estimate of drug-likeness (QED) is 0.349. The lowest BCUT2D eigenvalue weighted by atomic mass is 10.2. The van der Waals surface area contributed by atoms with Gasteiger partial charge in [0.2, 0.25) is 6.41 Å². The van der Waals surface area contributed by atoms with Gasteiger partial charge in [0, 0.05) is 38.3 Å². The summed E-state index contributed by atoms with van der Waals surface area (Å²) in [6.07, 6.45) is 0.741. The molecule has 1 aromatic rings. The number of hydrogen-bond donors (Lipinski definition) is 4. The average molecular weight is 281 g/mol. The van der Waals surface area contributed by atoms with Crippen LogP contribution in [-0.4, -0.2) is 63.7 Å². The Kier molecular flexibility index (Phi) is 3.83. The van der Waals surface area contributed by atoms with Gasteiger partial charge in [-0.25, -0.2) is 4.79 Å². The van der Waals surface area contributed by atoms with Gasteiger partial charge in [-0.2, -0.15) is 0 Å². The van der Waals surface area contributed by atoms with Gasteiger partial charge in [0.15, 0.2) is 17.2 Å². The molecule has 8 nitrogen and oxygen atoms in total. The van der Waals surface area contributed by atoms with Crippen LogP contribution in [0, 0.1) is 0 Å². The maximum atomic E-state index is 12.0. The van der Waals surface area contributed by atoms with Crippen LogP contribution < -0.4 is 5.32 Å². The lowest BCUT2D eigenvalue weighted by Crippen LogP contribution is -2.49. The van der Waals surface area contributed by atoms with Crippen LogP contribution in [0.1, 0.15) is 0 Å². The Labute approximate surface area is 114 Å². The number of phenolic OH excluding ortho intramolecular Hbond substituents is 3. The number of amides is 3. The zero-order valence-electron chi connectivity index (χ0n) is 10.6. The summed E-state index contributed by atoms with van der Waals surface area (Å²) in [6.45, 7) is 1.73. The molecule has 0 saturated carbocycles. The third-order valence-corrected chi connectivity index (χ3v) is 3.07. The largest absolute Gasteiger partial charge is 0.504 e. The number of benzene rings is 1. The van der Waals surface area contributed by atoms with Crippen LogP contribution in [0.3, 0.4) is 0 Å². The SMILES string of the molecule is O=CN1CCN(C(=O)Nc2cc(O)c(O)c(O)c2)CC1. The van der Waals surface area contributed by atoms with Crippen LogP contribution in [-0.2, 0) is 4.79 Å². The Morgan fingerprint density at radius 1 is 1.10 bits per heavy atom. The number of urea groups is 1. The smallest absolute Gasteiger partial charge is 0.321 e. The van der Waals surface area contributed by atoms with Gasteiger partial charge in [-0.3, -0.25) is 4.79 Å². The molecule has 20 heavy (non-hydrogen) atoms. The molecule has 0 bridgehead atoms. The summed E-state index contributed by atoms with van der Waals surface area (Å²) < 4.78 is 0. The van der Waals surface area contributed by atoms with E-state index < -0.39 is 23.3 Å². The Morgan fingerprint density at radius 3 is 2.15 bits per heavy atom. The molecular formula is C12H15N3O5. The van der Waals surface area contributed by atoms with Gasteiger partial charge < -0.3 is 30.4 Å². The first kappa shape index (κ1) is 13.8. The summed E-state index contributed by atoms with van der Waals surface area (Å²) >= 11 is 0. The molecule has 108 valence electrons. The average Bonchev–Trinajstić information content (AvgIpc) is 2.44. The lowest BCUT2D eigenvalue weighted by Gasteiger charge is -2.32. The molecule has 1 heterocycles. The topological polar surface area (TPSA) is 113 Å². The minimum atomic E-state index is -0.636. The highest BCUT2D eigenvalue weighted by Crippen LogP contribution is 2.37. The fourth-order valence-electron chi connectivity index (χ4n) is 1.91. The fraction of sp³-hybridized carbons (Fsp3) is 0.333. The monoisotopic (exact) mass is 281 g/mol. The lowest BCUT2D eigenvalue weighted by molar-refractivity contribution is -0.119. The number of carbonyl (C=O) groups is 2. The van der Waals surface area contributed by atoms with E-state index in [1.165, 1.54) is 4.90 Å². The number of nitrogens with zero attached hydrogens (tertiary/aromatic N) is 2. The third kappa shape index (κ3) is 2.85. The number of phenols is 3. The van der Waals surface area contributed by atoms with Gasteiger partial charge in [-0.05, 0) is 0 Å². The van der Waals surface area contributed by atoms with Crippen molar-refractivity contribution >= 4 is 18.1 Å². The number of anilines is 1. The Hall–Kier alpha value is -2.64. The number of piperazine rings is 1. The summed E-state index contributed by atoms with van der Waals surface area (Å²) in [5, 5.41) is 30.4. The van der Waals surface area contributed by atoms with E-state index in [0.29, 0.717) is 26.2 Å². The van der Waals surface area contributed by atoms with Gasteiger partial charge in [-0.1, -0.05) is 0 Å². The van der Waals surface area contributed by atoms with E-state index in [1.807, 2.05) is 0 Å². The number of nitrogens with one attached hydrogen (secondary N) is 1. The number of rotatable bonds is 2. The van der Waals surface area contributed by atoms with E-state index in [0.717, 1.165) is 18.5 Å². The molecule has 1 fully saturated rings. The summed E-state index contributed by atoms with van der Waals surface area (Å²) in [4.78, 5) is 25.6. The van der Waals surface area contributed by atoms with Gasteiger partial charge >= 0.3 is 6.03 Å². The summed E-state index contributed by atoms with van der Waals surface area (Å²) in [7, 11) is 0. The molecule has 2 rings (SSSR count). The standard InChI is InChI=1S/C12H15N3O5/c16-7-14-1-3-15(4-2-14)12(20)13-8-5-9(17)11(19)10(18)6-8/h5-7,17-19H,1-4H2,(H,13,20). The molecule has 1 aliphatic heterocycles. The van der Waals surface area contributed by atoms with E-state index in [1.54, 1.807) is 4.90 Å². The Balaban J connectivity index is 2.00. The predicted octanol–water partition coefficient (Wildman–Crippen LogP) is 0.109. The van der Waals surface area contributed by atoms with Crippen LogP contribution in [0.4, 0.5) is 10.5 Å². The second-order valence-electron chi connectivity index (χ2n) is 4.42. The molecule has 0 spiro atoms. The van der Waals surface area contributed by atoms with Crippen molar-refractivity contribution in [1.29, 1.82) is 0 Å². The van der Waals surface area contributed by atoms with Crippen LogP contribution >= 0.6 is 0 Å². The molecular weight excluding hydrogens is 266 g/mol. The van der Waals surface area contributed by atoms with Gasteiger partial charge in [0.25, 0.3) is 0 Å². The minimum Gasteiger partial charge on any atom is -0.504 e. The van der Waals surface area contributed by atoms with Crippen molar-refractivity contribution in [2.45, 2.75) is 0 Å². The number of hydrogen-bond acceptors (Lipinski definition) is 5. The van der Waals surface area contributed by atoms with Crippen molar-refractivity contribution in [2.24, 2.45) is 0 Å². The Morgan fingerprint density at radius 2 is 1.65 bits per heavy atom. The van der Waals surface area contributed by atoms with Crippen LogP contribution in [0.25, 0.3) is 0 Å². The Bertz CT molecular complexity index is 503. The normalized spacial score (nSPS) is 15.0. The van der Waals surface area contributed by atoms with Crippen molar-refractivity contribution < 1.29 is 24.9 Å². The molecule has 4 N–H and O–H groups in total. The molecule has 0 unspecified atom stereocenters. The van der Waals surface area contributed by atoms with E-state index in [2.05, 4.69) is 5.32 Å². The molecule has 8 heteroatoms. The van der Waals surface area contributed by atoms with Crippen LogP contribution in [0.15, 0.2) is 12.1 Å².